The maximum Gasteiger partial charge on any atom is 0.187 e. The van der Waals surface area contributed by atoms with Crippen molar-refractivity contribution in [3.05, 3.63) is 12.2 Å². The van der Waals surface area contributed by atoms with E-state index in [0.29, 0.717) is 6.42 Å². The standard InChI is InChI=1S/C23H40O15/c1-2-3-4-5-6-33-23-20(38-21-17(31)13(27)10(26)9-34-21)19(15(29)12(8-25)36-23)37-22-18(32)16(30)14(28)11(7-24)35-22/h3-4,10-32H,2,5-9H2,1H3. The highest BCUT2D eigenvalue weighted by molar-refractivity contribution is 4.96. The van der Waals surface area contributed by atoms with Gasteiger partial charge in [-0.25, -0.2) is 0 Å². The van der Waals surface area contributed by atoms with Crippen LogP contribution in [0, 0.1) is 0 Å². The molecule has 3 saturated heterocycles. The summed E-state index contributed by atoms with van der Waals surface area (Å²) in [5, 5.41) is 91.2. The third kappa shape index (κ3) is 7.25. The number of hydrogen-bond donors (Lipinski definition) is 9. The largest absolute Gasteiger partial charge is 0.394 e. The average molecular weight is 557 g/mol. The van der Waals surface area contributed by atoms with Gasteiger partial charge in [-0.3, -0.25) is 0 Å². The van der Waals surface area contributed by atoms with Crippen molar-refractivity contribution in [1.29, 1.82) is 0 Å². The van der Waals surface area contributed by atoms with E-state index in [9.17, 15) is 46.0 Å². The smallest absolute Gasteiger partial charge is 0.187 e. The second kappa shape index (κ2) is 14.7. The number of allylic oxidation sites excluding steroid dienone is 1. The zero-order valence-electron chi connectivity index (χ0n) is 21.0. The maximum atomic E-state index is 11.0. The monoisotopic (exact) mass is 556 g/mol. The Morgan fingerprint density at radius 1 is 0.684 bits per heavy atom. The fraction of sp³-hybridized carbons (Fsp3) is 0.913. The van der Waals surface area contributed by atoms with Crippen molar-refractivity contribution in [2.75, 3.05) is 26.4 Å². The molecule has 3 heterocycles. The van der Waals surface area contributed by atoms with Crippen molar-refractivity contribution >= 4 is 0 Å². The third-order valence-electron chi connectivity index (χ3n) is 6.65. The Balaban J connectivity index is 1.86. The van der Waals surface area contributed by atoms with E-state index in [1.54, 1.807) is 0 Å². The van der Waals surface area contributed by atoms with Crippen molar-refractivity contribution in [2.45, 2.75) is 106 Å². The average Bonchev–Trinajstić information content (AvgIpc) is 2.91. The Kier molecular flexibility index (Phi) is 12.2. The normalized spacial score (nSPS) is 46.5. The van der Waals surface area contributed by atoms with Crippen LogP contribution in [-0.4, -0.2) is 158 Å². The van der Waals surface area contributed by atoms with Crippen LogP contribution in [0.15, 0.2) is 12.2 Å². The Morgan fingerprint density at radius 2 is 1.29 bits per heavy atom. The van der Waals surface area contributed by atoms with Crippen molar-refractivity contribution in [2.24, 2.45) is 0 Å². The van der Waals surface area contributed by atoms with E-state index in [1.165, 1.54) is 0 Å². The molecular weight excluding hydrogens is 516 g/mol. The molecule has 3 aliphatic rings. The van der Waals surface area contributed by atoms with Crippen LogP contribution in [0.5, 0.6) is 0 Å². The van der Waals surface area contributed by atoms with Gasteiger partial charge in [-0.1, -0.05) is 19.1 Å². The summed E-state index contributed by atoms with van der Waals surface area (Å²) in [6.07, 6.45) is -16.6. The lowest BCUT2D eigenvalue weighted by Gasteiger charge is -2.48. The van der Waals surface area contributed by atoms with Crippen LogP contribution in [0.1, 0.15) is 19.8 Å². The van der Waals surface area contributed by atoms with Gasteiger partial charge in [0.25, 0.3) is 0 Å². The molecule has 15 heteroatoms. The highest BCUT2D eigenvalue weighted by atomic mass is 16.8. The molecule has 3 rings (SSSR count). The summed E-state index contributed by atoms with van der Waals surface area (Å²) in [4.78, 5) is 0. The van der Waals surface area contributed by atoms with E-state index in [0.717, 1.165) is 6.42 Å². The Labute approximate surface area is 219 Å². The summed E-state index contributed by atoms with van der Waals surface area (Å²) < 4.78 is 33.8. The van der Waals surface area contributed by atoms with Gasteiger partial charge in [-0.2, -0.15) is 0 Å². The van der Waals surface area contributed by atoms with Crippen LogP contribution < -0.4 is 0 Å². The van der Waals surface area contributed by atoms with Gasteiger partial charge in [-0.15, -0.1) is 0 Å². The molecule has 0 radical (unpaired) electrons. The lowest BCUT2D eigenvalue weighted by molar-refractivity contribution is -0.386. The molecule has 9 N–H and O–H groups in total. The van der Waals surface area contributed by atoms with Crippen molar-refractivity contribution in [3.63, 3.8) is 0 Å². The molecule has 38 heavy (non-hydrogen) atoms. The molecule has 0 amide bonds. The van der Waals surface area contributed by atoms with Gasteiger partial charge in [0.1, 0.15) is 67.1 Å². The molecule has 3 fully saturated rings. The number of aliphatic hydroxyl groups is 9. The van der Waals surface area contributed by atoms with Crippen molar-refractivity contribution in [1.82, 2.24) is 0 Å². The molecule has 14 atom stereocenters. The summed E-state index contributed by atoms with van der Waals surface area (Å²) in [7, 11) is 0. The van der Waals surface area contributed by atoms with Crippen LogP contribution in [0.2, 0.25) is 0 Å². The van der Waals surface area contributed by atoms with Crippen LogP contribution >= 0.6 is 0 Å². The highest BCUT2D eigenvalue weighted by Crippen LogP contribution is 2.33. The lowest BCUT2D eigenvalue weighted by atomic mass is 9.96. The number of aliphatic hydroxyl groups excluding tert-OH is 9. The fourth-order valence-electron chi connectivity index (χ4n) is 4.40. The van der Waals surface area contributed by atoms with E-state index in [4.69, 9.17) is 28.4 Å². The third-order valence-corrected chi connectivity index (χ3v) is 6.65. The summed E-state index contributed by atoms with van der Waals surface area (Å²) in [6, 6.07) is 0. The quantitative estimate of drug-likeness (QED) is 0.0860. The molecule has 222 valence electrons. The number of hydrogen-bond acceptors (Lipinski definition) is 15. The van der Waals surface area contributed by atoms with Gasteiger partial charge >= 0.3 is 0 Å². The van der Waals surface area contributed by atoms with E-state index in [-0.39, 0.29) is 13.2 Å². The zero-order chi connectivity index (χ0) is 28.0. The minimum atomic E-state index is -1.82. The topological polar surface area (TPSA) is 237 Å². The maximum absolute atomic E-state index is 11.0. The summed E-state index contributed by atoms with van der Waals surface area (Å²) in [5.74, 6) is 0. The molecule has 0 aromatic heterocycles. The van der Waals surface area contributed by atoms with Gasteiger partial charge in [0.15, 0.2) is 18.9 Å². The van der Waals surface area contributed by atoms with E-state index in [1.807, 2.05) is 19.1 Å². The molecule has 0 aliphatic carbocycles. The Bertz CT molecular complexity index is 725. The molecule has 3 aliphatic heterocycles. The zero-order valence-corrected chi connectivity index (χ0v) is 21.0. The molecule has 0 aromatic carbocycles. The van der Waals surface area contributed by atoms with Gasteiger partial charge in [-0.05, 0) is 12.8 Å². The first-order valence-corrected chi connectivity index (χ1v) is 12.6. The Hall–Kier alpha value is -0.860. The van der Waals surface area contributed by atoms with Crippen LogP contribution in [-0.2, 0) is 28.4 Å². The molecule has 0 bridgehead atoms. The second-order valence-corrected chi connectivity index (χ2v) is 9.40. The Morgan fingerprint density at radius 3 is 1.95 bits per heavy atom. The van der Waals surface area contributed by atoms with Crippen molar-refractivity contribution in [3.8, 4) is 0 Å². The van der Waals surface area contributed by atoms with Crippen LogP contribution in [0.4, 0.5) is 0 Å². The first-order valence-electron chi connectivity index (χ1n) is 12.6. The second-order valence-electron chi connectivity index (χ2n) is 9.40. The summed E-state index contributed by atoms with van der Waals surface area (Å²) >= 11 is 0. The van der Waals surface area contributed by atoms with Gasteiger partial charge < -0.3 is 74.4 Å². The predicted molar refractivity (Wildman–Crippen MR) is 123 cm³/mol. The minimum Gasteiger partial charge on any atom is -0.394 e. The van der Waals surface area contributed by atoms with Gasteiger partial charge in [0.05, 0.1) is 26.4 Å². The summed E-state index contributed by atoms with van der Waals surface area (Å²) in [5.41, 5.74) is 0. The highest BCUT2D eigenvalue weighted by Gasteiger charge is 2.53. The molecule has 0 spiro atoms. The minimum absolute atomic E-state index is 0.109. The molecular formula is C23H40O15. The molecule has 15 nitrogen and oxygen atoms in total. The number of rotatable bonds is 11. The van der Waals surface area contributed by atoms with Gasteiger partial charge in [0, 0.05) is 0 Å². The first kappa shape index (κ1) is 31.7. The predicted octanol–water partition coefficient (Wildman–Crippen LogP) is -4.55. The van der Waals surface area contributed by atoms with Crippen molar-refractivity contribution < 1.29 is 74.4 Å². The SMILES string of the molecule is CCC=CCCOC1OC(CO)C(O)C(OC2OC(CO)C(O)C(O)C2O)C1OC1OCC(O)C(O)C1O. The van der Waals surface area contributed by atoms with E-state index >= 15 is 0 Å². The van der Waals surface area contributed by atoms with Gasteiger partial charge in [0.2, 0.25) is 0 Å². The molecule has 0 aromatic rings. The van der Waals surface area contributed by atoms with E-state index < -0.39 is 99.2 Å². The molecule has 0 saturated carbocycles. The van der Waals surface area contributed by atoms with Crippen LogP contribution in [0.3, 0.4) is 0 Å². The van der Waals surface area contributed by atoms with E-state index in [2.05, 4.69) is 0 Å². The molecule has 14 unspecified atom stereocenters. The fourth-order valence-corrected chi connectivity index (χ4v) is 4.40. The lowest BCUT2D eigenvalue weighted by Crippen LogP contribution is -2.66. The number of ether oxygens (including phenoxy) is 6. The van der Waals surface area contributed by atoms with Crippen LogP contribution in [0.25, 0.3) is 0 Å². The summed E-state index contributed by atoms with van der Waals surface area (Å²) in [6.45, 7) is 0.285. The first-order chi connectivity index (χ1) is 18.1.